The van der Waals surface area contributed by atoms with Crippen LogP contribution in [0.3, 0.4) is 0 Å². The summed E-state index contributed by atoms with van der Waals surface area (Å²) in [6, 6.07) is 9.75. The summed E-state index contributed by atoms with van der Waals surface area (Å²) >= 11 is 0. The van der Waals surface area contributed by atoms with Crippen molar-refractivity contribution in [3.8, 4) is 6.07 Å². The van der Waals surface area contributed by atoms with E-state index >= 15 is 0 Å². The predicted octanol–water partition coefficient (Wildman–Crippen LogP) is 1.51. The van der Waals surface area contributed by atoms with Crippen LogP contribution in [-0.2, 0) is 27.2 Å². The van der Waals surface area contributed by atoms with E-state index in [1.54, 1.807) is 24.3 Å². The molecule has 1 saturated heterocycles. The zero-order chi connectivity index (χ0) is 22.8. The molecule has 1 amide bonds. The average Bonchev–Trinajstić information content (AvgIpc) is 2.67. The van der Waals surface area contributed by atoms with Crippen molar-refractivity contribution in [1.82, 2.24) is 9.71 Å². The topological polar surface area (TPSA) is 140 Å². The lowest BCUT2D eigenvalue weighted by atomic mass is 9.98. The molecule has 2 aromatic rings. The Bertz CT molecular complexity index is 1170. The number of anilines is 1. The molecule has 1 fully saturated rings. The molecule has 2 heterocycles. The number of hydrogen-bond donors (Lipinski definition) is 2. The molecule has 0 atom stereocenters. The van der Waals surface area contributed by atoms with Gasteiger partial charge in [0, 0.05) is 13.1 Å². The summed E-state index contributed by atoms with van der Waals surface area (Å²) in [6.45, 7) is 0.869. The van der Waals surface area contributed by atoms with E-state index in [9.17, 15) is 27.7 Å². The number of rotatable bonds is 7. The van der Waals surface area contributed by atoms with Gasteiger partial charge in [0.15, 0.2) is 0 Å². The van der Waals surface area contributed by atoms with Crippen molar-refractivity contribution in [3.05, 3.63) is 58.3 Å². The second kappa shape index (κ2) is 8.69. The number of alkyl halides is 1. The Labute approximate surface area is 178 Å². The zero-order valence-electron chi connectivity index (χ0n) is 16.5. The van der Waals surface area contributed by atoms with Gasteiger partial charge in [-0.15, -0.1) is 0 Å². The lowest BCUT2D eigenvalue weighted by Gasteiger charge is -2.39. The fraction of sp³-hybridized carbons (Fsp3) is 0.300. The van der Waals surface area contributed by atoms with Crippen LogP contribution < -0.4 is 9.62 Å². The fourth-order valence-electron chi connectivity index (χ4n) is 3.14. The van der Waals surface area contributed by atoms with Crippen LogP contribution in [0.25, 0.3) is 0 Å². The van der Waals surface area contributed by atoms with Gasteiger partial charge in [-0.3, -0.25) is 9.52 Å². The number of nitrogens with zero attached hydrogens (tertiary/aromatic N) is 3. The first-order valence-electron chi connectivity index (χ1n) is 9.21. The Kier molecular flexibility index (Phi) is 6.21. The fourth-order valence-corrected chi connectivity index (χ4v) is 4.32. The minimum absolute atomic E-state index is 0.0612. The number of halogens is 1. The number of benzene rings is 1. The Hall–Kier alpha value is -3.52. The molecule has 0 saturated carbocycles. The van der Waals surface area contributed by atoms with Crippen molar-refractivity contribution < 1.29 is 27.5 Å². The summed E-state index contributed by atoms with van der Waals surface area (Å²) < 4.78 is 39.8. The van der Waals surface area contributed by atoms with Crippen molar-refractivity contribution >= 4 is 27.7 Å². The van der Waals surface area contributed by atoms with Gasteiger partial charge in [-0.25, -0.2) is 22.6 Å². The number of carbonyl (C=O) groups excluding carboxylic acids is 1. The molecule has 0 radical (unpaired) electrons. The third-order valence-electron chi connectivity index (χ3n) is 4.84. The summed E-state index contributed by atoms with van der Waals surface area (Å²) in [6.07, 6.45) is 0. The number of aryl methyl sites for hydroxylation is 1. The summed E-state index contributed by atoms with van der Waals surface area (Å²) in [5.41, 5.74) is 0.731. The summed E-state index contributed by atoms with van der Waals surface area (Å²) in [4.78, 5) is 29.0. The van der Waals surface area contributed by atoms with E-state index < -0.39 is 40.1 Å². The van der Waals surface area contributed by atoms with E-state index in [1.807, 2.05) is 13.0 Å². The third-order valence-corrected chi connectivity index (χ3v) is 6.07. The molecule has 1 aliphatic rings. The molecular formula is C20H19FN4O5S. The van der Waals surface area contributed by atoms with Crippen molar-refractivity contribution in [1.29, 1.82) is 5.26 Å². The van der Waals surface area contributed by atoms with E-state index in [1.165, 1.54) is 4.90 Å². The molecule has 0 unspecified atom stereocenters. The smallest absolute Gasteiger partial charge is 0.337 e. The molecule has 0 aliphatic carbocycles. The standard InChI is InChI=1S/C20H19FN4O5S/c1-12-2-4-13(5-3-12)11-31(29,30)24-19(26)15-9-25(10-15)18-14(8-22)6-16(20(27)28)17(7-21)23-18/h2-6,15H,7,9-11H2,1H3,(H,24,26)(H,27,28). The summed E-state index contributed by atoms with van der Waals surface area (Å²) in [5, 5.41) is 18.4. The van der Waals surface area contributed by atoms with Gasteiger partial charge in [-0.05, 0) is 18.6 Å². The monoisotopic (exact) mass is 446 g/mol. The number of nitriles is 1. The number of pyridine rings is 1. The van der Waals surface area contributed by atoms with Crippen LogP contribution in [0.5, 0.6) is 0 Å². The number of hydrogen-bond acceptors (Lipinski definition) is 7. The second-order valence-electron chi connectivity index (χ2n) is 7.22. The summed E-state index contributed by atoms with van der Waals surface area (Å²) in [5.74, 6) is -3.04. The quantitative estimate of drug-likeness (QED) is 0.652. The molecule has 3 rings (SSSR count). The van der Waals surface area contributed by atoms with E-state index in [4.69, 9.17) is 5.11 Å². The van der Waals surface area contributed by atoms with Gasteiger partial charge >= 0.3 is 5.97 Å². The Morgan fingerprint density at radius 1 is 1.32 bits per heavy atom. The SMILES string of the molecule is Cc1ccc(CS(=O)(=O)NC(=O)C2CN(c3nc(CF)c(C(=O)O)cc3C#N)C2)cc1. The normalized spacial score (nSPS) is 13.9. The number of nitrogens with one attached hydrogen (secondary N) is 1. The molecule has 162 valence electrons. The van der Waals surface area contributed by atoms with Crippen LogP contribution >= 0.6 is 0 Å². The first kappa shape index (κ1) is 22.2. The Morgan fingerprint density at radius 3 is 2.52 bits per heavy atom. The average molecular weight is 446 g/mol. The molecule has 1 aliphatic heterocycles. The van der Waals surface area contributed by atoms with Crippen molar-refractivity contribution in [2.45, 2.75) is 19.4 Å². The van der Waals surface area contributed by atoms with E-state index in [2.05, 4.69) is 9.71 Å². The van der Waals surface area contributed by atoms with Gasteiger partial charge in [0.05, 0.1) is 28.5 Å². The van der Waals surface area contributed by atoms with Gasteiger partial charge in [0.1, 0.15) is 18.6 Å². The summed E-state index contributed by atoms with van der Waals surface area (Å²) in [7, 11) is -3.89. The molecule has 2 N–H and O–H groups in total. The van der Waals surface area contributed by atoms with Gasteiger partial charge in [-0.1, -0.05) is 29.8 Å². The number of aromatic nitrogens is 1. The number of sulfonamides is 1. The predicted molar refractivity (Wildman–Crippen MR) is 108 cm³/mol. The number of carboxylic acid groups (broad SMARTS) is 1. The van der Waals surface area contributed by atoms with Gasteiger partial charge in [0.25, 0.3) is 0 Å². The van der Waals surface area contributed by atoms with Crippen LogP contribution in [0.4, 0.5) is 10.2 Å². The zero-order valence-corrected chi connectivity index (χ0v) is 17.3. The molecule has 1 aromatic heterocycles. The molecule has 11 heteroatoms. The molecule has 1 aromatic carbocycles. The highest BCUT2D eigenvalue weighted by Crippen LogP contribution is 2.28. The van der Waals surface area contributed by atoms with Crippen LogP contribution in [0.1, 0.15) is 32.7 Å². The van der Waals surface area contributed by atoms with Gasteiger partial charge in [0.2, 0.25) is 15.9 Å². The number of carbonyl (C=O) groups is 2. The Balaban J connectivity index is 1.67. The van der Waals surface area contributed by atoms with E-state index in [-0.39, 0.29) is 35.9 Å². The Morgan fingerprint density at radius 2 is 1.97 bits per heavy atom. The molecule has 31 heavy (non-hydrogen) atoms. The molecule has 0 spiro atoms. The minimum Gasteiger partial charge on any atom is -0.478 e. The highest BCUT2D eigenvalue weighted by atomic mass is 32.2. The van der Waals surface area contributed by atoms with Crippen LogP contribution in [0.2, 0.25) is 0 Å². The van der Waals surface area contributed by atoms with E-state index in [0.29, 0.717) is 5.56 Å². The lowest BCUT2D eigenvalue weighted by Crippen LogP contribution is -2.55. The van der Waals surface area contributed by atoms with Crippen LogP contribution in [0.15, 0.2) is 30.3 Å². The lowest BCUT2D eigenvalue weighted by molar-refractivity contribution is -0.123. The number of amides is 1. The highest BCUT2D eigenvalue weighted by Gasteiger charge is 2.37. The molecule has 9 nitrogen and oxygen atoms in total. The maximum absolute atomic E-state index is 13.2. The van der Waals surface area contributed by atoms with Crippen molar-refractivity contribution in [3.63, 3.8) is 0 Å². The van der Waals surface area contributed by atoms with Crippen molar-refractivity contribution in [2.75, 3.05) is 18.0 Å². The van der Waals surface area contributed by atoms with Crippen LogP contribution in [0, 0.1) is 24.2 Å². The molecular weight excluding hydrogens is 427 g/mol. The van der Waals surface area contributed by atoms with Gasteiger partial charge < -0.3 is 10.0 Å². The second-order valence-corrected chi connectivity index (χ2v) is 8.94. The minimum atomic E-state index is -3.89. The third kappa shape index (κ3) is 4.97. The maximum atomic E-state index is 13.2. The maximum Gasteiger partial charge on any atom is 0.337 e. The number of carboxylic acids is 1. The number of aromatic carboxylic acids is 1. The first-order chi connectivity index (χ1) is 14.6. The van der Waals surface area contributed by atoms with E-state index in [0.717, 1.165) is 11.6 Å². The van der Waals surface area contributed by atoms with Crippen LogP contribution in [-0.4, -0.2) is 43.5 Å². The van der Waals surface area contributed by atoms with Crippen molar-refractivity contribution in [2.24, 2.45) is 5.92 Å². The van der Waals surface area contributed by atoms with Gasteiger partial charge in [-0.2, -0.15) is 5.26 Å². The molecule has 0 bridgehead atoms. The largest absolute Gasteiger partial charge is 0.478 e. The highest BCUT2D eigenvalue weighted by molar-refractivity contribution is 7.89. The first-order valence-corrected chi connectivity index (χ1v) is 10.9.